The van der Waals surface area contributed by atoms with Crippen LogP contribution in [0.4, 0.5) is 4.39 Å². The first-order valence-corrected chi connectivity index (χ1v) is 11.7. The molecule has 3 aromatic rings. The van der Waals surface area contributed by atoms with Gasteiger partial charge in [-0.2, -0.15) is 0 Å². The minimum absolute atomic E-state index is 0.103. The minimum Gasteiger partial charge on any atom is -0.507 e. The van der Waals surface area contributed by atoms with Gasteiger partial charge in [0.05, 0.1) is 11.6 Å². The van der Waals surface area contributed by atoms with Crippen LogP contribution in [0.3, 0.4) is 0 Å². The summed E-state index contributed by atoms with van der Waals surface area (Å²) in [5, 5.41) is 11.2. The van der Waals surface area contributed by atoms with Crippen LogP contribution < -0.4 is 4.74 Å². The zero-order valence-electron chi connectivity index (χ0n) is 19.8. The van der Waals surface area contributed by atoms with Gasteiger partial charge < -0.3 is 14.7 Å². The van der Waals surface area contributed by atoms with Crippen molar-refractivity contribution in [3.63, 3.8) is 0 Å². The molecule has 1 atom stereocenters. The molecule has 0 spiro atoms. The number of hydrogen-bond donors (Lipinski definition) is 1. The number of amides is 1. The van der Waals surface area contributed by atoms with Crippen molar-refractivity contribution in [2.24, 2.45) is 0 Å². The van der Waals surface area contributed by atoms with Crippen LogP contribution in [-0.2, 0) is 16.2 Å². The normalized spacial score (nSPS) is 17.1. The van der Waals surface area contributed by atoms with Gasteiger partial charge in [-0.15, -0.1) is 0 Å². The lowest BCUT2D eigenvalue weighted by Gasteiger charge is -2.25. The van der Waals surface area contributed by atoms with E-state index >= 15 is 0 Å². The predicted octanol–water partition coefficient (Wildman–Crippen LogP) is 5.93. The number of Topliss-reactive ketones (excluding diaryl/α,β-unsaturated/α-hetero) is 1. The van der Waals surface area contributed by atoms with Gasteiger partial charge in [0.15, 0.2) is 0 Å². The Bertz CT molecular complexity index is 1270. The van der Waals surface area contributed by atoms with Crippen molar-refractivity contribution in [1.82, 2.24) is 4.90 Å². The maximum Gasteiger partial charge on any atom is 0.295 e. The number of carbonyl (C=O) groups excluding carboxylic acids is 2. The smallest absolute Gasteiger partial charge is 0.295 e. The van der Waals surface area contributed by atoms with Crippen molar-refractivity contribution in [2.75, 3.05) is 6.54 Å². The van der Waals surface area contributed by atoms with Crippen LogP contribution in [-0.4, -0.2) is 28.2 Å². The van der Waals surface area contributed by atoms with E-state index in [1.807, 2.05) is 44.2 Å². The Labute approximate surface area is 204 Å². The van der Waals surface area contributed by atoms with E-state index in [0.717, 1.165) is 17.5 Å². The largest absolute Gasteiger partial charge is 0.507 e. The third-order valence-corrected chi connectivity index (χ3v) is 6.18. The van der Waals surface area contributed by atoms with Crippen molar-refractivity contribution >= 4 is 17.4 Å². The molecular weight excluding hydrogens is 445 g/mol. The molecule has 180 valence electrons. The summed E-state index contributed by atoms with van der Waals surface area (Å²) in [5.41, 5.74) is 2.23. The van der Waals surface area contributed by atoms with Crippen LogP contribution in [0.25, 0.3) is 5.76 Å². The van der Waals surface area contributed by atoms with E-state index in [9.17, 15) is 19.1 Å². The maximum absolute atomic E-state index is 14.8. The molecule has 1 N–H and O–H groups in total. The van der Waals surface area contributed by atoms with Crippen molar-refractivity contribution < 1.29 is 23.8 Å². The summed E-state index contributed by atoms with van der Waals surface area (Å²) >= 11 is 0. The second-order valence-electron chi connectivity index (χ2n) is 8.62. The molecule has 4 rings (SSSR count). The van der Waals surface area contributed by atoms with Gasteiger partial charge in [-0.3, -0.25) is 9.59 Å². The third-order valence-electron chi connectivity index (χ3n) is 6.18. The number of ketones is 1. The number of hydrogen-bond acceptors (Lipinski definition) is 4. The molecule has 0 bridgehead atoms. The Hall–Kier alpha value is -3.93. The lowest BCUT2D eigenvalue weighted by atomic mass is 9.94. The summed E-state index contributed by atoms with van der Waals surface area (Å²) in [4.78, 5) is 27.3. The zero-order valence-corrected chi connectivity index (χ0v) is 19.8. The van der Waals surface area contributed by atoms with Gasteiger partial charge in [0, 0.05) is 17.7 Å². The summed E-state index contributed by atoms with van der Waals surface area (Å²) < 4.78 is 20.7. The average Bonchev–Trinajstić information content (AvgIpc) is 3.11. The highest BCUT2D eigenvalue weighted by Crippen LogP contribution is 2.40. The van der Waals surface area contributed by atoms with E-state index in [1.54, 1.807) is 36.4 Å². The molecule has 5 nitrogen and oxygen atoms in total. The van der Waals surface area contributed by atoms with Crippen LogP contribution in [0.5, 0.6) is 5.75 Å². The number of aliphatic hydroxyl groups is 1. The highest BCUT2D eigenvalue weighted by atomic mass is 19.1. The molecule has 1 aliphatic heterocycles. The number of likely N-dealkylation sites (tertiary alicyclic amines) is 1. The Morgan fingerprint density at radius 2 is 1.74 bits per heavy atom. The summed E-state index contributed by atoms with van der Waals surface area (Å²) in [6.07, 6.45) is 1.46. The summed E-state index contributed by atoms with van der Waals surface area (Å²) in [6, 6.07) is 19.9. The van der Waals surface area contributed by atoms with Gasteiger partial charge >= 0.3 is 0 Å². The quantitative estimate of drug-likeness (QED) is 0.250. The SMILES string of the molecule is CCCCN1C(=O)C(=O)/C(=C(/O)c2ccc(OCc3ccccc3)c(C)c2)C1c1ccccc1F. The summed E-state index contributed by atoms with van der Waals surface area (Å²) in [7, 11) is 0. The van der Waals surface area contributed by atoms with E-state index in [1.165, 1.54) is 11.0 Å². The number of ether oxygens (including phenoxy) is 1. The van der Waals surface area contributed by atoms with Gasteiger partial charge in [0.1, 0.15) is 23.9 Å². The molecule has 1 aliphatic rings. The molecule has 1 amide bonds. The van der Waals surface area contributed by atoms with E-state index in [0.29, 0.717) is 30.9 Å². The summed E-state index contributed by atoms with van der Waals surface area (Å²) in [5.74, 6) is -1.76. The molecule has 1 unspecified atom stereocenters. The molecule has 0 saturated carbocycles. The molecule has 0 aliphatic carbocycles. The van der Waals surface area contributed by atoms with Crippen LogP contribution in [0.2, 0.25) is 0 Å². The van der Waals surface area contributed by atoms with Crippen molar-refractivity contribution in [1.29, 1.82) is 0 Å². The molecule has 6 heteroatoms. The minimum atomic E-state index is -0.989. The molecule has 35 heavy (non-hydrogen) atoms. The average molecular weight is 474 g/mol. The molecule has 3 aromatic carbocycles. The second-order valence-corrected chi connectivity index (χ2v) is 8.62. The first-order valence-electron chi connectivity index (χ1n) is 11.7. The topological polar surface area (TPSA) is 66.8 Å². The van der Waals surface area contributed by atoms with Crippen LogP contribution in [0, 0.1) is 12.7 Å². The number of aliphatic hydroxyl groups excluding tert-OH is 1. The number of aryl methyl sites for hydroxylation is 1. The number of unbranched alkanes of at least 4 members (excludes halogenated alkanes) is 1. The Balaban J connectivity index is 1.71. The van der Waals surface area contributed by atoms with E-state index in [2.05, 4.69) is 0 Å². The first kappa shape index (κ1) is 24.2. The van der Waals surface area contributed by atoms with Gasteiger partial charge in [-0.25, -0.2) is 4.39 Å². The van der Waals surface area contributed by atoms with Gasteiger partial charge in [-0.05, 0) is 48.7 Å². The Kier molecular flexibility index (Phi) is 7.30. The summed E-state index contributed by atoms with van der Waals surface area (Å²) in [6.45, 7) is 4.50. The van der Waals surface area contributed by atoms with Crippen LogP contribution in [0.1, 0.15) is 48.1 Å². The van der Waals surface area contributed by atoms with Crippen molar-refractivity contribution in [3.05, 3.63) is 106 Å². The fraction of sp³-hybridized carbons (Fsp3) is 0.241. The van der Waals surface area contributed by atoms with Gasteiger partial charge in [0.2, 0.25) is 0 Å². The fourth-order valence-corrected chi connectivity index (χ4v) is 4.31. The van der Waals surface area contributed by atoms with Gasteiger partial charge in [-0.1, -0.05) is 61.9 Å². The lowest BCUT2D eigenvalue weighted by molar-refractivity contribution is -0.139. The predicted molar refractivity (Wildman–Crippen MR) is 132 cm³/mol. The lowest BCUT2D eigenvalue weighted by Crippen LogP contribution is -2.31. The molecular formula is C29H28FNO4. The molecule has 0 aromatic heterocycles. The Morgan fingerprint density at radius 3 is 2.43 bits per heavy atom. The highest BCUT2D eigenvalue weighted by Gasteiger charge is 2.46. The number of rotatable bonds is 8. The molecule has 0 radical (unpaired) electrons. The second kappa shape index (κ2) is 10.6. The molecule has 1 fully saturated rings. The van der Waals surface area contributed by atoms with Crippen LogP contribution in [0.15, 0.2) is 78.4 Å². The number of benzene rings is 3. The van der Waals surface area contributed by atoms with Crippen LogP contribution >= 0.6 is 0 Å². The van der Waals surface area contributed by atoms with Crippen molar-refractivity contribution in [2.45, 2.75) is 39.3 Å². The highest BCUT2D eigenvalue weighted by molar-refractivity contribution is 6.46. The standard InChI is InChI=1S/C29H28FNO4/c1-3-4-16-31-26(22-12-8-9-13-23(22)30)25(28(33)29(31)34)27(32)21-14-15-24(19(2)17-21)35-18-20-10-6-5-7-11-20/h5-15,17,26,32H,3-4,16,18H2,1-2H3/b27-25+. The monoisotopic (exact) mass is 473 g/mol. The number of carbonyl (C=O) groups is 2. The zero-order chi connectivity index (χ0) is 24.9. The Morgan fingerprint density at radius 1 is 1.03 bits per heavy atom. The number of halogens is 1. The van der Waals surface area contributed by atoms with Crippen molar-refractivity contribution in [3.8, 4) is 5.75 Å². The molecule has 1 heterocycles. The van der Waals surface area contributed by atoms with E-state index < -0.39 is 23.5 Å². The first-order chi connectivity index (χ1) is 16.9. The number of nitrogens with zero attached hydrogens (tertiary/aromatic N) is 1. The van der Waals surface area contributed by atoms with Gasteiger partial charge in [0.25, 0.3) is 11.7 Å². The maximum atomic E-state index is 14.8. The third kappa shape index (κ3) is 4.97. The molecule has 1 saturated heterocycles. The fourth-order valence-electron chi connectivity index (χ4n) is 4.31. The van der Waals surface area contributed by atoms with E-state index in [4.69, 9.17) is 4.74 Å². The van der Waals surface area contributed by atoms with E-state index in [-0.39, 0.29) is 16.9 Å².